The Labute approximate surface area is 102 Å². The third-order valence-corrected chi connectivity index (χ3v) is 2.66. The van der Waals surface area contributed by atoms with Gasteiger partial charge in [-0.25, -0.2) is 8.78 Å². The van der Waals surface area contributed by atoms with Gasteiger partial charge in [-0.3, -0.25) is 9.48 Å². The van der Waals surface area contributed by atoms with Gasteiger partial charge in [0.15, 0.2) is 0 Å². The lowest BCUT2D eigenvalue weighted by Crippen LogP contribution is -2.14. The first kappa shape index (κ1) is 12.2. The van der Waals surface area contributed by atoms with Crippen LogP contribution in [0.4, 0.5) is 14.5 Å². The molecule has 2 aromatic rings. The molecule has 1 N–H and O–H groups in total. The van der Waals surface area contributed by atoms with Crippen LogP contribution in [0.15, 0.2) is 24.4 Å². The van der Waals surface area contributed by atoms with Crippen LogP contribution in [0.2, 0.25) is 0 Å². The van der Waals surface area contributed by atoms with Crippen LogP contribution in [0, 0.1) is 18.6 Å². The van der Waals surface area contributed by atoms with Crippen molar-refractivity contribution in [2.75, 3.05) is 5.32 Å². The molecule has 1 amide bonds. The predicted octanol–water partition coefficient (Wildman–Crippen LogP) is 2.26. The zero-order chi connectivity index (χ0) is 13.3. The van der Waals surface area contributed by atoms with E-state index in [1.807, 2.05) is 0 Å². The molecule has 1 aromatic heterocycles. The van der Waals surface area contributed by atoms with Crippen molar-refractivity contribution in [1.29, 1.82) is 0 Å². The molecule has 0 aliphatic carbocycles. The van der Waals surface area contributed by atoms with Gasteiger partial charge in [0.25, 0.3) is 5.91 Å². The number of benzene rings is 1. The van der Waals surface area contributed by atoms with Crippen molar-refractivity contribution in [2.45, 2.75) is 6.92 Å². The van der Waals surface area contributed by atoms with E-state index in [2.05, 4.69) is 10.4 Å². The van der Waals surface area contributed by atoms with Crippen LogP contribution in [-0.2, 0) is 7.05 Å². The lowest BCUT2D eigenvalue weighted by Gasteiger charge is -2.06. The standard InChI is InChI=1S/C12H11F2N3O/c1-7-9(6-15-17(7)2)12(18)16-11-4-3-8(13)5-10(11)14/h3-6H,1-2H3,(H,16,18). The summed E-state index contributed by atoms with van der Waals surface area (Å²) in [6, 6.07) is 2.97. The van der Waals surface area contributed by atoms with Crippen LogP contribution >= 0.6 is 0 Å². The largest absolute Gasteiger partial charge is 0.319 e. The summed E-state index contributed by atoms with van der Waals surface area (Å²) in [4.78, 5) is 11.9. The normalized spacial score (nSPS) is 10.4. The van der Waals surface area contributed by atoms with Crippen molar-refractivity contribution in [3.8, 4) is 0 Å². The summed E-state index contributed by atoms with van der Waals surface area (Å²) in [6.45, 7) is 1.73. The topological polar surface area (TPSA) is 46.9 Å². The quantitative estimate of drug-likeness (QED) is 0.889. The molecule has 0 bridgehead atoms. The van der Waals surface area contributed by atoms with Gasteiger partial charge >= 0.3 is 0 Å². The first-order valence-corrected chi connectivity index (χ1v) is 5.24. The maximum Gasteiger partial charge on any atom is 0.259 e. The second kappa shape index (κ2) is 4.56. The Morgan fingerprint density at radius 3 is 2.67 bits per heavy atom. The van der Waals surface area contributed by atoms with Crippen molar-refractivity contribution in [2.24, 2.45) is 7.05 Å². The molecule has 4 nitrogen and oxygen atoms in total. The van der Waals surface area contributed by atoms with Gasteiger partial charge in [0, 0.05) is 18.8 Å². The zero-order valence-corrected chi connectivity index (χ0v) is 9.87. The predicted molar refractivity (Wildman–Crippen MR) is 62.3 cm³/mol. The van der Waals surface area contributed by atoms with Gasteiger partial charge in [-0.15, -0.1) is 0 Å². The van der Waals surface area contributed by atoms with Gasteiger partial charge < -0.3 is 5.32 Å². The number of aryl methyl sites for hydroxylation is 1. The molecule has 0 radical (unpaired) electrons. The number of carbonyl (C=O) groups is 1. The first-order valence-electron chi connectivity index (χ1n) is 5.24. The number of anilines is 1. The van der Waals surface area contributed by atoms with Crippen molar-refractivity contribution < 1.29 is 13.6 Å². The number of aromatic nitrogens is 2. The number of amides is 1. The molecule has 0 saturated carbocycles. The Balaban J connectivity index is 2.24. The number of hydrogen-bond donors (Lipinski definition) is 1. The number of rotatable bonds is 2. The second-order valence-corrected chi connectivity index (χ2v) is 3.85. The van der Waals surface area contributed by atoms with Crippen LogP contribution in [-0.4, -0.2) is 15.7 Å². The molecule has 94 valence electrons. The molecule has 6 heteroatoms. The highest BCUT2D eigenvalue weighted by molar-refractivity contribution is 6.04. The van der Waals surface area contributed by atoms with Crippen LogP contribution in [0.1, 0.15) is 16.1 Å². The number of hydrogen-bond acceptors (Lipinski definition) is 2. The monoisotopic (exact) mass is 251 g/mol. The molecule has 0 atom stereocenters. The molecule has 1 heterocycles. The van der Waals surface area contributed by atoms with Gasteiger partial charge in [-0.2, -0.15) is 5.10 Å². The minimum absolute atomic E-state index is 0.0651. The minimum Gasteiger partial charge on any atom is -0.319 e. The van der Waals surface area contributed by atoms with E-state index in [9.17, 15) is 13.6 Å². The summed E-state index contributed by atoms with van der Waals surface area (Å²) in [5.41, 5.74) is 0.945. The highest BCUT2D eigenvalue weighted by Crippen LogP contribution is 2.16. The summed E-state index contributed by atoms with van der Waals surface area (Å²) in [7, 11) is 1.70. The maximum atomic E-state index is 13.4. The van der Waals surface area contributed by atoms with Gasteiger partial charge in [-0.05, 0) is 19.1 Å². The van der Waals surface area contributed by atoms with E-state index >= 15 is 0 Å². The van der Waals surface area contributed by atoms with Crippen molar-refractivity contribution in [3.63, 3.8) is 0 Å². The van der Waals surface area contributed by atoms with E-state index in [1.165, 1.54) is 16.9 Å². The average Bonchev–Trinajstić information content (AvgIpc) is 2.64. The zero-order valence-electron chi connectivity index (χ0n) is 9.87. The Morgan fingerprint density at radius 1 is 1.39 bits per heavy atom. The van der Waals surface area contributed by atoms with Crippen molar-refractivity contribution in [3.05, 3.63) is 47.3 Å². The van der Waals surface area contributed by atoms with Gasteiger partial charge in [0.05, 0.1) is 17.4 Å². The molecule has 2 rings (SSSR count). The Morgan fingerprint density at radius 2 is 2.11 bits per heavy atom. The fraction of sp³-hybridized carbons (Fsp3) is 0.167. The first-order chi connectivity index (χ1) is 8.49. The number of nitrogens with zero attached hydrogens (tertiary/aromatic N) is 2. The van der Waals surface area contributed by atoms with E-state index < -0.39 is 17.5 Å². The maximum absolute atomic E-state index is 13.4. The van der Waals surface area contributed by atoms with Crippen LogP contribution in [0.5, 0.6) is 0 Å². The molecule has 0 saturated heterocycles. The Bertz CT molecular complexity index is 607. The number of carbonyl (C=O) groups excluding carboxylic acids is 1. The highest BCUT2D eigenvalue weighted by atomic mass is 19.1. The van der Waals surface area contributed by atoms with E-state index in [0.29, 0.717) is 17.3 Å². The molecule has 1 aromatic carbocycles. The SMILES string of the molecule is Cc1c(C(=O)Nc2ccc(F)cc2F)cnn1C. The molecule has 0 aliphatic heterocycles. The van der Waals surface area contributed by atoms with E-state index in [1.54, 1.807) is 14.0 Å². The fourth-order valence-electron chi connectivity index (χ4n) is 1.50. The van der Waals surface area contributed by atoms with Crippen LogP contribution in [0.25, 0.3) is 0 Å². The van der Waals surface area contributed by atoms with Crippen LogP contribution in [0.3, 0.4) is 0 Å². The van der Waals surface area contributed by atoms with Crippen molar-refractivity contribution >= 4 is 11.6 Å². The molecule has 0 spiro atoms. The smallest absolute Gasteiger partial charge is 0.259 e. The lowest BCUT2D eigenvalue weighted by molar-refractivity contribution is 0.102. The third-order valence-electron chi connectivity index (χ3n) is 2.66. The van der Waals surface area contributed by atoms with Crippen molar-refractivity contribution in [1.82, 2.24) is 9.78 Å². The molecule has 0 aliphatic rings. The Hall–Kier alpha value is -2.24. The van der Waals surface area contributed by atoms with E-state index in [0.717, 1.165) is 6.07 Å². The molecular formula is C12H11F2N3O. The summed E-state index contributed by atoms with van der Waals surface area (Å²) < 4.78 is 27.6. The molecule has 18 heavy (non-hydrogen) atoms. The van der Waals surface area contributed by atoms with Crippen LogP contribution < -0.4 is 5.32 Å². The Kier molecular flexibility index (Phi) is 3.10. The average molecular weight is 251 g/mol. The highest BCUT2D eigenvalue weighted by Gasteiger charge is 2.14. The van der Waals surface area contributed by atoms with Gasteiger partial charge in [-0.1, -0.05) is 0 Å². The summed E-state index contributed by atoms with van der Waals surface area (Å²) in [6.07, 6.45) is 1.39. The van der Waals surface area contributed by atoms with Gasteiger partial charge in [0.2, 0.25) is 0 Å². The van der Waals surface area contributed by atoms with E-state index in [-0.39, 0.29) is 5.69 Å². The molecule has 0 unspecified atom stereocenters. The third kappa shape index (κ3) is 2.22. The molecule has 0 fully saturated rings. The molecular weight excluding hydrogens is 240 g/mol. The van der Waals surface area contributed by atoms with E-state index in [4.69, 9.17) is 0 Å². The lowest BCUT2D eigenvalue weighted by atomic mass is 10.2. The number of nitrogens with one attached hydrogen (secondary N) is 1. The summed E-state index contributed by atoms with van der Waals surface area (Å²) in [5.74, 6) is -1.99. The summed E-state index contributed by atoms with van der Waals surface area (Å²) >= 11 is 0. The van der Waals surface area contributed by atoms with Gasteiger partial charge in [0.1, 0.15) is 11.6 Å². The second-order valence-electron chi connectivity index (χ2n) is 3.85. The minimum atomic E-state index is -0.815. The fourth-order valence-corrected chi connectivity index (χ4v) is 1.50. The number of halogens is 2. The summed E-state index contributed by atoms with van der Waals surface area (Å²) in [5, 5.41) is 6.29.